The summed E-state index contributed by atoms with van der Waals surface area (Å²) in [5, 5.41) is 4.62. The molecule has 0 unspecified atom stereocenters. The van der Waals surface area contributed by atoms with E-state index in [0.29, 0.717) is 18.1 Å². The van der Waals surface area contributed by atoms with Gasteiger partial charge in [0.1, 0.15) is 0 Å². The number of carbonyl (C=O) groups is 1. The summed E-state index contributed by atoms with van der Waals surface area (Å²) in [5.41, 5.74) is 4.33. The number of carbonyl (C=O) groups excluding carboxylic acids is 1. The zero-order valence-electron chi connectivity index (χ0n) is 15.3. The van der Waals surface area contributed by atoms with Gasteiger partial charge in [0, 0.05) is 36.9 Å². The van der Waals surface area contributed by atoms with Crippen molar-refractivity contribution in [1.82, 2.24) is 9.88 Å². The first-order valence-electron chi connectivity index (χ1n) is 8.94. The van der Waals surface area contributed by atoms with Crippen LogP contribution in [0.4, 0.5) is 15.6 Å². The summed E-state index contributed by atoms with van der Waals surface area (Å²) in [4.78, 5) is 21.4. The van der Waals surface area contributed by atoms with Crippen molar-refractivity contribution in [3.8, 4) is 0 Å². The molecule has 7 heteroatoms. The van der Waals surface area contributed by atoms with Gasteiger partial charge in [0.05, 0.1) is 10.2 Å². The number of amides is 2. The first kappa shape index (κ1) is 18.1. The van der Waals surface area contributed by atoms with Gasteiger partial charge in [-0.15, -0.1) is 0 Å². The lowest BCUT2D eigenvalue weighted by atomic mass is 10.1. The van der Waals surface area contributed by atoms with Crippen LogP contribution in [0.1, 0.15) is 11.1 Å². The Morgan fingerprint density at radius 3 is 2.52 bits per heavy atom. The average Bonchev–Trinajstić information content (AvgIpc) is 3.08. The van der Waals surface area contributed by atoms with E-state index in [9.17, 15) is 4.79 Å². The van der Waals surface area contributed by atoms with Crippen LogP contribution in [0.15, 0.2) is 36.4 Å². The smallest absolute Gasteiger partial charge is 0.321 e. The minimum Gasteiger partial charge on any atom is -0.345 e. The second kappa shape index (κ2) is 7.37. The van der Waals surface area contributed by atoms with Gasteiger partial charge >= 0.3 is 6.03 Å². The number of thiazole rings is 1. The van der Waals surface area contributed by atoms with Crippen molar-refractivity contribution in [2.45, 2.75) is 13.8 Å². The highest BCUT2D eigenvalue weighted by atomic mass is 35.5. The summed E-state index contributed by atoms with van der Waals surface area (Å²) in [5.74, 6) is 0. The molecule has 1 aliphatic heterocycles. The summed E-state index contributed by atoms with van der Waals surface area (Å²) in [6.45, 7) is 7.15. The van der Waals surface area contributed by atoms with Gasteiger partial charge in [0.2, 0.25) is 0 Å². The number of urea groups is 1. The molecule has 27 heavy (non-hydrogen) atoms. The molecule has 1 fully saturated rings. The number of hydrogen-bond acceptors (Lipinski definition) is 4. The standard InChI is InChI=1S/C20H21ClN4OS/c1-13-11-14(2)18-17(12-13)23-20(27-18)25-9-7-24(8-10-25)19(26)22-16-5-3-15(21)4-6-16/h3-6,11-12H,7-10H2,1-2H3,(H,22,26). The summed E-state index contributed by atoms with van der Waals surface area (Å²) in [6.07, 6.45) is 0. The van der Waals surface area contributed by atoms with Crippen LogP contribution in [-0.2, 0) is 0 Å². The number of anilines is 2. The van der Waals surface area contributed by atoms with Crippen molar-refractivity contribution in [3.63, 3.8) is 0 Å². The fraction of sp³-hybridized carbons (Fsp3) is 0.300. The van der Waals surface area contributed by atoms with Gasteiger partial charge in [-0.3, -0.25) is 0 Å². The molecule has 1 saturated heterocycles. The van der Waals surface area contributed by atoms with Crippen LogP contribution < -0.4 is 10.2 Å². The van der Waals surface area contributed by atoms with Gasteiger partial charge in [-0.05, 0) is 55.3 Å². The van der Waals surface area contributed by atoms with E-state index in [4.69, 9.17) is 16.6 Å². The van der Waals surface area contributed by atoms with E-state index >= 15 is 0 Å². The fourth-order valence-electron chi connectivity index (χ4n) is 3.34. The summed E-state index contributed by atoms with van der Waals surface area (Å²) < 4.78 is 1.25. The van der Waals surface area contributed by atoms with Crippen molar-refractivity contribution in [2.75, 3.05) is 36.4 Å². The lowest BCUT2D eigenvalue weighted by Crippen LogP contribution is -2.50. The predicted octanol–water partition coefficient (Wildman–Crippen LogP) is 4.92. The quantitative estimate of drug-likeness (QED) is 0.664. The van der Waals surface area contributed by atoms with E-state index in [1.807, 2.05) is 17.0 Å². The Hall–Kier alpha value is -2.31. The third-order valence-corrected chi connectivity index (χ3v) is 6.26. The number of hydrogen-bond donors (Lipinski definition) is 1. The van der Waals surface area contributed by atoms with E-state index in [-0.39, 0.29) is 6.03 Å². The molecule has 5 nitrogen and oxygen atoms in total. The Balaban J connectivity index is 1.40. The average molecular weight is 401 g/mol. The Bertz CT molecular complexity index is 978. The number of nitrogens with zero attached hydrogens (tertiary/aromatic N) is 3. The van der Waals surface area contributed by atoms with Crippen LogP contribution in [-0.4, -0.2) is 42.1 Å². The first-order chi connectivity index (χ1) is 13.0. The molecule has 0 atom stereocenters. The van der Waals surface area contributed by atoms with Gasteiger partial charge in [-0.25, -0.2) is 9.78 Å². The monoisotopic (exact) mass is 400 g/mol. The van der Waals surface area contributed by atoms with Crippen molar-refractivity contribution >= 4 is 50.0 Å². The largest absolute Gasteiger partial charge is 0.345 e. The molecule has 0 radical (unpaired) electrons. The van der Waals surface area contributed by atoms with Crippen molar-refractivity contribution in [3.05, 3.63) is 52.5 Å². The molecule has 1 N–H and O–H groups in total. The number of piperazine rings is 1. The highest BCUT2D eigenvalue weighted by Crippen LogP contribution is 2.32. The van der Waals surface area contributed by atoms with E-state index < -0.39 is 0 Å². The highest BCUT2D eigenvalue weighted by molar-refractivity contribution is 7.22. The van der Waals surface area contributed by atoms with Crippen LogP contribution >= 0.6 is 22.9 Å². The normalized spacial score (nSPS) is 14.6. The maximum Gasteiger partial charge on any atom is 0.321 e. The van der Waals surface area contributed by atoms with Gasteiger partial charge < -0.3 is 15.1 Å². The van der Waals surface area contributed by atoms with Crippen LogP contribution in [0.2, 0.25) is 5.02 Å². The molecule has 3 aromatic rings. The maximum absolute atomic E-state index is 12.5. The molecule has 1 aliphatic rings. The molecule has 0 aliphatic carbocycles. The maximum atomic E-state index is 12.5. The topological polar surface area (TPSA) is 48.5 Å². The molecular formula is C20H21ClN4OS. The number of halogens is 1. The molecule has 2 heterocycles. The SMILES string of the molecule is Cc1cc(C)c2sc(N3CCN(C(=O)Nc4ccc(Cl)cc4)CC3)nc2c1. The van der Waals surface area contributed by atoms with Crippen LogP contribution in [0.25, 0.3) is 10.2 Å². The van der Waals surface area contributed by atoms with E-state index in [2.05, 4.69) is 36.2 Å². The second-order valence-electron chi connectivity index (χ2n) is 6.84. The van der Waals surface area contributed by atoms with E-state index in [0.717, 1.165) is 29.4 Å². The Morgan fingerprint density at radius 2 is 1.81 bits per heavy atom. The third kappa shape index (κ3) is 3.87. The Labute approximate surface area is 167 Å². The number of rotatable bonds is 2. The van der Waals surface area contributed by atoms with Crippen LogP contribution in [0.3, 0.4) is 0 Å². The lowest BCUT2D eigenvalue weighted by molar-refractivity contribution is 0.208. The zero-order chi connectivity index (χ0) is 19.0. The van der Waals surface area contributed by atoms with E-state index in [1.165, 1.54) is 15.8 Å². The number of benzene rings is 2. The molecule has 0 bridgehead atoms. The molecule has 1 aromatic heterocycles. The lowest BCUT2D eigenvalue weighted by Gasteiger charge is -2.34. The number of aryl methyl sites for hydroxylation is 2. The minimum atomic E-state index is -0.0762. The molecule has 0 spiro atoms. The van der Waals surface area contributed by atoms with E-state index in [1.54, 1.807) is 23.5 Å². The highest BCUT2D eigenvalue weighted by Gasteiger charge is 2.23. The minimum absolute atomic E-state index is 0.0762. The Kier molecular flexibility index (Phi) is 4.93. The van der Waals surface area contributed by atoms with Crippen molar-refractivity contribution < 1.29 is 4.79 Å². The van der Waals surface area contributed by atoms with Gasteiger partial charge in [-0.1, -0.05) is 29.0 Å². The molecule has 140 valence electrons. The molecule has 2 aromatic carbocycles. The van der Waals surface area contributed by atoms with Crippen molar-refractivity contribution in [1.29, 1.82) is 0 Å². The predicted molar refractivity (Wildman–Crippen MR) is 113 cm³/mol. The molecular weight excluding hydrogens is 380 g/mol. The number of fused-ring (bicyclic) bond motifs is 1. The number of aromatic nitrogens is 1. The molecule has 2 amide bonds. The van der Waals surface area contributed by atoms with Crippen LogP contribution in [0.5, 0.6) is 0 Å². The number of nitrogens with one attached hydrogen (secondary N) is 1. The fourth-order valence-corrected chi connectivity index (χ4v) is 4.53. The van der Waals surface area contributed by atoms with Crippen LogP contribution in [0, 0.1) is 13.8 Å². The third-order valence-electron chi connectivity index (χ3n) is 4.74. The summed E-state index contributed by atoms with van der Waals surface area (Å²) in [6, 6.07) is 11.4. The summed E-state index contributed by atoms with van der Waals surface area (Å²) in [7, 11) is 0. The summed E-state index contributed by atoms with van der Waals surface area (Å²) >= 11 is 7.62. The Morgan fingerprint density at radius 1 is 1.11 bits per heavy atom. The molecule has 4 rings (SSSR count). The second-order valence-corrected chi connectivity index (χ2v) is 8.25. The molecule has 0 saturated carbocycles. The van der Waals surface area contributed by atoms with Gasteiger partial charge in [0.25, 0.3) is 0 Å². The zero-order valence-corrected chi connectivity index (χ0v) is 16.9. The van der Waals surface area contributed by atoms with Gasteiger partial charge in [-0.2, -0.15) is 0 Å². The van der Waals surface area contributed by atoms with Gasteiger partial charge in [0.15, 0.2) is 5.13 Å². The first-order valence-corrected chi connectivity index (χ1v) is 10.1. The van der Waals surface area contributed by atoms with Crippen molar-refractivity contribution in [2.24, 2.45) is 0 Å².